The van der Waals surface area contributed by atoms with Crippen LogP contribution in [-0.4, -0.2) is 12.6 Å². The van der Waals surface area contributed by atoms with Gasteiger partial charge in [0.1, 0.15) is 16.7 Å². The standard InChI is InChI=1S/C100H103N3O2Si/c1-94(2,3)62-30-44-70(45-31-62)101(71-46-32-63(33-47-71)95(4,5)6)84-60-81-91(93-88(84)76-26-22-24-28-86(76)105-93)90-80(61-85(92-89(90)77-27-23-25-29-87(77)104-92)102(72-48-34-64(35-49-72)96(7,8)9)73-50-36-65(37-51-73)97(10,11)12)100(81,67-40-54-75(55-41-67)106(19,20)21)66-38-52-74(53-39-66)103-82-56-42-68(98(13,14)15)58-78(82)79-59-69(99(16,17)18)43-57-83(79)103/h22-61H,1-21H3. The average molecular weight is 1410 g/mol. The van der Waals surface area contributed by atoms with Crippen LogP contribution in [0.1, 0.15) is 180 Å². The zero-order valence-electron chi connectivity index (χ0n) is 66.3. The summed E-state index contributed by atoms with van der Waals surface area (Å²) in [5.74, 6) is 0. The van der Waals surface area contributed by atoms with Crippen LogP contribution in [0, 0.1) is 0 Å². The van der Waals surface area contributed by atoms with Gasteiger partial charge in [0.2, 0.25) is 0 Å². The van der Waals surface area contributed by atoms with Gasteiger partial charge in [0.15, 0.2) is 5.58 Å². The molecule has 0 saturated carbocycles. The van der Waals surface area contributed by atoms with Crippen LogP contribution in [0.15, 0.2) is 251 Å². The highest BCUT2D eigenvalue weighted by atomic mass is 28.3. The van der Waals surface area contributed by atoms with Gasteiger partial charge in [-0.2, -0.15) is 0 Å². The monoisotopic (exact) mass is 1410 g/mol. The smallest absolute Gasteiger partial charge is 0.160 e. The number of nitrogens with zero attached hydrogens (tertiary/aromatic N) is 3. The first kappa shape index (κ1) is 70.2. The number of hydrogen-bond acceptors (Lipinski definition) is 4. The van der Waals surface area contributed by atoms with Crippen molar-refractivity contribution < 1.29 is 8.83 Å². The molecule has 1 unspecified atom stereocenters. The Kier molecular flexibility index (Phi) is 16.2. The number of fused-ring (bicyclic) bond motifs is 14. The number of benzene rings is 12. The lowest BCUT2D eigenvalue weighted by atomic mass is 9.67. The van der Waals surface area contributed by atoms with Crippen LogP contribution in [0.4, 0.5) is 34.1 Å². The molecule has 12 aromatic carbocycles. The molecule has 0 amide bonds. The predicted octanol–water partition coefficient (Wildman–Crippen LogP) is 28.2. The Morgan fingerprint density at radius 2 is 0.651 bits per heavy atom. The molecule has 0 saturated heterocycles. The van der Waals surface area contributed by atoms with E-state index < -0.39 is 13.5 Å². The Bertz CT molecular complexity index is 5750. The van der Waals surface area contributed by atoms with Crippen molar-refractivity contribution in [3.05, 3.63) is 298 Å². The molecule has 16 rings (SSSR count). The number of rotatable bonds is 10. The van der Waals surface area contributed by atoms with Crippen LogP contribution < -0.4 is 15.0 Å². The van der Waals surface area contributed by atoms with Crippen LogP contribution in [-0.2, 0) is 37.9 Å². The average Bonchev–Trinajstić information content (AvgIpc) is 1.50. The van der Waals surface area contributed by atoms with Crippen molar-refractivity contribution >= 4 is 113 Å². The van der Waals surface area contributed by atoms with E-state index in [0.29, 0.717) is 0 Å². The molecule has 1 aliphatic rings. The van der Waals surface area contributed by atoms with Gasteiger partial charge in [-0.1, -0.05) is 283 Å². The SMILES string of the molecule is CC(C)(C)c1ccc(N(c2ccc(C(C)(C)C)cc2)c2cc3c(c4c2oc2ccccc24)-c2c(cc(N(c4ccc(C(C)(C)C)cc4)c4ccc(C(C)(C)C)cc4)c4c2oc2ccccc24)C3(c2ccc(-n3c4ccc(C(C)(C)C)cc4c4cc(C(C)(C)C)ccc43)cc2)c2ccc([Si](C)(C)C)cc2)cc1. The first-order valence-electron chi connectivity index (χ1n) is 38.3. The molecule has 3 aromatic heterocycles. The molecule has 534 valence electrons. The summed E-state index contributed by atoms with van der Waals surface area (Å²) in [6.07, 6.45) is 0. The quantitative estimate of drug-likeness (QED) is 0.128. The van der Waals surface area contributed by atoms with Gasteiger partial charge in [-0.15, -0.1) is 0 Å². The lowest BCUT2D eigenvalue weighted by molar-refractivity contribution is 0.590. The van der Waals surface area contributed by atoms with Crippen molar-refractivity contribution in [2.24, 2.45) is 0 Å². The van der Waals surface area contributed by atoms with Gasteiger partial charge >= 0.3 is 0 Å². The van der Waals surface area contributed by atoms with Gasteiger partial charge in [0, 0.05) is 66.5 Å². The number of aromatic nitrogens is 1. The van der Waals surface area contributed by atoms with E-state index in [9.17, 15) is 0 Å². The minimum Gasteiger partial charge on any atom is -0.455 e. The van der Waals surface area contributed by atoms with Crippen molar-refractivity contribution in [1.29, 1.82) is 0 Å². The van der Waals surface area contributed by atoms with Gasteiger partial charge in [0.25, 0.3) is 0 Å². The van der Waals surface area contributed by atoms with E-state index in [1.807, 2.05) is 0 Å². The van der Waals surface area contributed by atoms with Crippen LogP contribution >= 0.6 is 0 Å². The molecular weight excluding hydrogens is 1300 g/mol. The highest BCUT2D eigenvalue weighted by Gasteiger charge is 2.51. The normalized spacial score (nSPS) is 14.7. The topological polar surface area (TPSA) is 37.7 Å². The molecule has 1 aliphatic carbocycles. The van der Waals surface area contributed by atoms with Gasteiger partial charge in [-0.05, 0) is 197 Å². The minimum absolute atomic E-state index is 0.0427. The van der Waals surface area contributed by atoms with E-state index in [4.69, 9.17) is 8.83 Å². The third kappa shape index (κ3) is 11.6. The van der Waals surface area contributed by atoms with Crippen LogP contribution in [0.3, 0.4) is 0 Å². The fourth-order valence-electron chi connectivity index (χ4n) is 16.7. The molecule has 3 heterocycles. The maximum Gasteiger partial charge on any atom is 0.160 e. The highest BCUT2D eigenvalue weighted by Crippen LogP contribution is 2.65. The Balaban J connectivity index is 1.09. The molecule has 5 nitrogen and oxygen atoms in total. The van der Waals surface area contributed by atoms with E-state index in [1.165, 1.54) is 60.4 Å². The molecule has 0 N–H and O–H groups in total. The molecule has 0 spiro atoms. The van der Waals surface area contributed by atoms with Gasteiger partial charge < -0.3 is 23.2 Å². The molecule has 0 bridgehead atoms. The lowest BCUT2D eigenvalue weighted by Gasteiger charge is -2.36. The summed E-state index contributed by atoms with van der Waals surface area (Å²) in [7, 11) is -1.87. The molecule has 0 radical (unpaired) electrons. The first-order chi connectivity index (χ1) is 50.0. The second kappa shape index (κ2) is 24.5. The highest BCUT2D eigenvalue weighted by molar-refractivity contribution is 6.88. The van der Waals surface area contributed by atoms with Gasteiger partial charge in [0.05, 0.1) is 41.3 Å². The Hall–Kier alpha value is -10.1. The van der Waals surface area contributed by atoms with Gasteiger partial charge in [-0.3, -0.25) is 0 Å². The third-order valence-corrected chi connectivity index (χ3v) is 25.1. The summed E-state index contributed by atoms with van der Waals surface area (Å²) in [6.45, 7) is 48.9. The molecular formula is C100H103N3O2Si. The van der Waals surface area contributed by atoms with Crippen molar-refractivity contribution in [3.8, 4) is 16.8 Å². The van der Waals surface area contributed by atoms with E-state index >= 15 is 0 Å². The van der Waals surface area contributed by atoms with E-state index in [-0.39, 0.29) is 32.5 Å². The Morgan fingerprint density at radius 1 is 0.311 bits per heavy atom. The number of hydrogen-bond donors (Lipinski definition) is 0. The first-order valence-corrected chi connectivity index (χ1v) is 41.8. The molecule has 0 fully saturated rings. The summed E-state index contributed by atoms with van der Waals surface area (Å²) in [4.78, 5) is 4.99. The summed E-state index contributed by atoms with van der Waals surface area (Å²) < 4.78 is 18.0. The maximum atomic E-state index is 7.85. The van der Waals surface area contributed by atoms with Crippen molar-refractivity contribution in [1.82, 2.24) is 4.57 Å². The van der Waals surface area contributed by atoms with E-state index in [0.717, 1.165) is 117 Å². The molecule has 0 aliphatic heterocycles. The molecule has 15 aromatic rings. The van der Waals surface area contributed by atoms with Crippen molar-refractivity contribution in [3.63, 3.8) is 0 Å². The van der Waals surface area contributed by atoms with Crippen molar-refractivity contribution in [2.75, 3.05) is 9.80 Å². The molecule has 1 atom stereocenters. The zero-order valence-corrected chi connectivity index (χ0v) is 67.3. The Morgan fingerprint density at radius 3 is 1.05 bits per heavy atom. The fourth-order valence-corrected chi connectivity index (χ4v) is 17.9. The van der Waals surface area contributed by atoms with Crippen molar-refractivity contribution in [2.45, 2.75) is 182 Å². The zero-order chi connectivity index (χ0) is 74.9. The second-order valence-electron chi connectivity index (χ2n) is 37.5. The summed E-state index contributed by atoms with van der Waals surface area (Å²) in [5.41, 5.74) is 25.9. The number of furan rings is 2. The lowest BCUT2D eigenvalue weighted by Crippen LogP contribution is -2.38. The van der Waals surface area contributed by atoms with Gasteiger partial charge in [-0.25, -0.2) is 0 Å². The van der Waals surface area contributed by atoms with Crippen LogP contribution in [0.25, 0.3) is 82.5 Å². The number of anilines is 6. The van der Waals surface area contributed by atoms with E-state index in [1.54, 1.807) is 0 Å². The largest absolute Gasteiger partial charge is 0.455 e. The number of para-hydroxylation sites is 2. The van der Waals surface area contributed by atoms with E-state index in [2.05, 4.69) is 401 Å². The minimum atomic E-state index is -1.87. The Labute approximate surface area is 629 Å². The molecule has 6 heteroatoms. The third-order valence-electron chi connectivity index (χ3n) is 23.0. The van der Waals surface area contributed by atoms with Crippen LogP contribution in [0.5, 0.6) is 0 Å². The summed E-state index contributed by atoms with van der Waals surface area (Å²) in [6, 6.07) is 93.7. The van der Waals surface area contributed by atoms with Crippen LogP contribution in [0.2, 0.25) is 19.6 Å². The summed E-state index contributed by atoms with van der Waals surface area (Å²) in [5, 5.41) is 8.09. The maximum absolute atomic E-state index is 7.85. The summed E-state index contributed by atoms with van der Waals surface area (Å²) >= 11 is 0. The predicted molar refractivity (Wildman–Crippen MR) is 457 cm³/mol. The molecule has 106 heavy (non-hydrogen) atoms. The second-order valence-corrected chi connectivity index (χ2v) is 42.6. The fraction of sp³-hybridized carbons (Fsp3) is 0.280.